The molecular weight excluding hydrogens is 414 g/mol. The molecule has 0 saturated heterocycles. The van der Waals surface area contributed by atoms with Gasteiger partial charge in [-0.15, -0.1) is 0 Å². The third-order valence-electron chi connectivity index (χ3n) is 5.13. The van der Waals surface area contributed by atoms with E-state index in [-0.39, 0.29) is 12.0 Å². The minimum atomic E-state index is -0.359. The van der Waals surface area contributed by atoms with Gasteiger partial charge in [-0.2, -0.15) is 0 Å². The number of nitrogens with one attached hydrogen (secondary N) is 1. The lowest BCUT2D eigenvalue weighted by Gasteiger charge is -2.20. The molecule has 1 amide bonds. The highest BCUT2D eigenvalue weighted by molar-refractivity contribution is 6.30. The average Bonchev–Trinajstić information content (AvgIpc) is 2.93. The first-order valence-corrected chi connectivity index (χ1v) is 10.6. The molecule has 2 aromatic carbocycles. The Morgan fingerprint density at radius 2 is 1.94 bits per heavy atom. The molecule has 31 heavy (non-hydrogen) atoms. The number of carbonyl (C=O) groups is 1. The summed E-state index contributed by atoms with van der Waals surface area (Å²) in [7, 11) is 0. The van der Waals surface area contributed by atoms with Crippen molar-refractivity contribution in [3.8, 4) is 16.9 Å². The second-order valence-electron chi connectivity index (χ2n) is 7.49. The van der Waals surface area contributed by atoms with Crippen molar-refractivity contribution in [3.05, 3.63) is 71.4 Å². The zero-order valence-corrected chi connectivity index (χ0v) is 18.0. The Morgan fingerprint density at radius 1 is 1.16 bits per heavy atom. The largest absolute Gasteiger partial charge is 0.491 e. The van der Waals surface area contributed by atoms with Gasteiger partial charge < -0.3 is 20.1 Å². The van der Waals surface area contributed by atoms with Gasteiger partial charge in [-0.3, -0.25) is 4.79 Å². The van der Waals surface area contributed by atoms with Gasteiger partial charge in [0.25, 0.3) is 5.91 Å². The maximum atomic E-state index is 13.2. The Kier molecular flexibility index (Phi) is 6.39. The van der Waals surface area contributed by atoms with Gasteiger partial charge >= 0.3 is 0 Å². The summed E-state index contributed by atoms with van der Waals surface area (Å²) in [5.74, 6) is 1.16. The van der Waals surface area contributed by atoms with Crippen molar-refractivity contribution in [2.45, 2.75) is 19.4 Å². The molecule has 0 radical (unpaired) electrons. The van der Waals surface area contributed by atoms with Crippen molar-refractivity contribution in [1.29, 1.82) is 0 Å². The lowest BCUT2D eigenvalue weighted by molar-refractivity contribution is 0.0989. The standard InChI is InChI=1S/C24H24ClN3O3/c1-16(29)10-11-26-23-9-7-20(15-27-23)28-12-13-31-22-14-18(4-8-21(22)24(28)30)17-2-5-19(25)6-3-17/h2-9,14-16,29H,10-13H2,1H3,(H,26,27). The third-order valence-corrected chi connectivity index (χ3v) is 5.39. The van der Waals surface area contributed by atoms with Crippen molar-refractivity contribution in [2.24, 2.45) is 0 Å². The lowest BCUT2D eigenvalue weighted by atomic mass is 10.0. The molecule has 0 aliphatic carbocycles. The number of aliphatic hydroxyl groups excluding tert-OH is 1. The predicted octanol–water partition coefficient (Wildman–Crippen LogP) is 4.62. The van der Waals surface area contributed by atoms with E-state index in [1.54, 1.807) is 24.1 Å². The first-order valence-electron chi connectivity index (χ1n) is 10.2. The summed E-state index contributed by atoms with van der Waals surface area (Å²) in [5.41, 5.74) is 3.21. The Labute approximate surface area is 186 Å². The van der Waals surface area contributed by atoms with E-state index in [1.807, 2.05) is 48.5 Å². The second-order valence-corrected chi connectivity index (χ2v) is 7.93. The van der Waals surface area contributed by atoms with Gasteiger partial charge in [-0.05, 0) is 60.9 Å². The van der Waals surface area contributed by atoms with Gasteiger partial charge in [-0.25, -0.2) is 4.98 Å². The lowest BCUT2D eigenvalue weighted by Crippen LogP contribution is -2.32. The second kappa shape index (κ2) is 9.37. The van der Waals surface area contributed by atoms with Gasteiger partial charge in [0.05, 0.1) is 30.1 Å². The number of rotatable bonds is 6. The fourth-order valence-corrected chi connectivity index (χ4v) is 3.57. The summed E-state index contributed by atoms with van der Waals surface area (Å²) < 4.78 is 5.91. The average molecular weight is 438 g/mol. The SMILES string of the molecule is CC(O)CCNc1ccc(N2CCOc3cc(-c4ccc(Cl)cc4)ccc3C2=O)cn1. The highest BCUT2D eigenvalue weighted by Gasteiger charge is 2.25. The molecular formula is C24H24ClN3O3. The smallest absolute Gasteiger partial charge is 0.262 e. The first-order chi connectivity index (χ1) is 15.0. The molecule has 0 fully saturated rings. The predicted molar refractivity (Wildman–Crippen MR) is 123 cm³/mol. The molecule has 7 heteroatoms. The van der Waals surface area contributed by atoms with Crippen LogP contribution in [0.4, 0.5) is 11.5 Å². The van der Waals surface area contributed by atoms with E-state index < -0.39 is 0 Å². The van der Waals surface area contributed by atoms with Crippen LogP contribution < -0.4 is 15.0 Å². The Morgan fingerprint density at radius 3 is 2.65 bits per heavy atom. The quantitative estimate of drug-likeness (QED) is 0.588. The summed E-state index contributed by atoms with van der Waals surface area (Å²) in [6, 6.07) is 16.9. The van der Waals surface area contributed by atoms with Crippen LogP contribution >= 0.6 is 11.6 Å². The number of aliphatic hydroxyl groups is 1. The van der Waals surface area contributed by atoms with E-state index in [2.05, 4.69) is 10.3 Å². The minimum absolute atomic E-state index is 0.119. The number of pyridine rings is 1. The van der Waals surface area contributed by atoms with E-state index in [0.717, 1.165) is 11.1 Å². The van der Waals surface area contributed by atoms with E-state index in [1.165, 1.54) is 0 Å². The summed E-state index contributed by atoms with van der Waals surface area (Å²) in [5, 5.41) is 13.2. The van der Waals surface area contributed by atoms with Crippen molar-refractivity contribution < 1.29 is 14.6 Å². The van der Waals surface area contributed by atoms with Crippen LogP contribution in [0.2, 0.25) is 5.02 Å². The van der Waals surface area contributed by atoms with Crippen molar-refractivity contribution >= 4 is 29.0 Å². The summed E-state index contributed by atoms with van der Waals surface area (Å²) in [6.07, 6.45) is 1.96. The van der Waals surface area contributed by atoms with Crippen molar-refractivity contribution in [2.75, 3.05) is 29.9 Å². The molecule has 4 rings (SSSR count). The van der Waals surface area contributed by atoms with Gasteiger partial charge in [0.2, 0.25) is 0 Å². The maximum Gasteiger partial charge on any atom is 0.262 e. The van der Waals surface area contributed by atoms with E-state index in [0.29, 0.717) is 54.0 Å². The normalized spacial score (nSPS) is 14.4. The number of hydrogen-bond donors (Lipinski definition) is 2. The highest BCUT2D eigenvalue weighted by Crippen LogP contribution is 2.31. The molecule has 6 nitrogen and oxygen atoms in total. The fourth-order valence-electron chi connectivity index (χ4n) is 3.44. The van der Waals surface area contributed by atoms with Gasteiger partial charge in [0, 0.05) is 11.6 Å². The number of anilines is 2. The molecule has 1 atom stereocenters. The minimum Gasteiger partial charge on any atom is -0.491 e. The Bertz CT molecular complexity index is 1050. The Hall–Kier alpha value is -3.09. The molecule has 1 unspecified atom stereocenters. The third kappa shape index (κ3) is 4.98. The fraction of sp³-hybridized carbons (Fsp3) is 0.250. The molecule has 160 valence electrons. The number of carbonyl (C=O) groups excluding carboxylic acids is 1. The van der Waals surface area contributed by atoms with Crippen LogP contribution in [0, 0.1) is 0 Å². The molecule has 0 saturated carbocycles. The van der Waals surface area contributed by atoms with Gasteiger partial charge in [-0.1, -0.05) is 29.8 Å². The number of benzene rings is 2. The van der Waals surface area contributed by atoms with Crippen molar-refractivity contribution in [1.82, 2.24) is 4.98 Å². The molecule has 2 N–H and O–H groups in total. The van der Waals surface area contributed by atoms with Crippen LogP contribution in [-0.2, 0) is 0 Å². The zero-order valence-electron chi connectivity index (χ0n) is 17.2. The molecule has 0 spiro atoms. The van der Waals surface area contributed by atoms with Crippen LogP contribution in [0.25, 0.3) is 11.1 Å². The molecule has 2 heterocycles. The number of ether oxygens (including phenoxy) is 1. The van der Waals surface area contributed by atoms with E-state index in [9.17, 15) is 9.90 Å². The van der Waals surface area contributed by atoms with Crippen molar-refractivity contribution in [3.63, 3.8) is 0 Å². The summed E-state index contributed by atoms with van der Waals surface area (Å²) in [6.45, 7) is 3.20. The number of halogens is 1. The number of nitrogens with zero attached hydrogens (tertiary/aromatic N) is 2. The van der Waals surface area contributed by atoms with E-state index in [4.69, 9.17) is 16.3 Å². The summed E-state index contributed by atoms with van der Waals surface area (Å²) >= 11 is 5.98. The topological polar surface area (TPSA) is 74.7 Å². The molecule has 1 aliphatic heterocycles. The number of hydrogen-bond acceptors (Lipinski definition) is 5. The zero-order chi connectivity index (χ0) is 21.8. The van der Waals surface area contributed by atoms with E-state index >= 15 is 0 Å². The molecule has 0 bridgehead atoms. The number of amides is 1. The number of fused-ring (bicyclic) bond motifs is 1. The molecule has 1 aromatic heterocycles. The molecule has 1 aliphatic rings. The first kappa shape index (κ1) is 21.2. The van der Waals surface area contributed by atoms with Crippen LogP contribution in [0.3, 0.4) is 0 Å². The highest BCUT2D eigenvalue weighted by atomic mass is 35.5. The van der Waals surface area contributed by atoms with Crippen LogP contribution in [0.1, 0.15) is 23.7 Å². The number of aromatic nitrogens is 1. The maximum absolute atomic E-state index is 13.2. The Balaban J connectivity index is 1.52. The van der Waals surface area contributed by atoms with Crippen LogP contribution in [0.5, 0.6) is 5.75 Å². The van der Waals surface area contributed by atoms with Crippen LogP contribution in [0.15, 0.2) is 60.8 Å². The van der Waals surface area contributed by atoms with Crippen LogP contribution in [-0.4, -0.2) is 41.8 Å². The monoisotopic (exact) mass is 437 g/mol. The molecule has 3 aromatic rings. The van der Waals surface area contributed by atoms with Gasteiger partial charge in [0.15, 0.2) is 0 Å². The summed E-state index contributed by atoms with van der Waals surface area (Å²) in [4.78, 5) is 19.3. The van der Waals surface area contributed by atoms with Gasteiger partial charge in [0.1, 0.15) is 18.2 Å².